The van der Waals surface area contributed by atoms with Crippen molar-refractivity contribution in [3.8, 4) is 5.75 Å². The summed E-state index contributed by atoms with van der Waals surface area (Å²) in [6.07, 6.45) is 5.45. The molecule has 2 heterocycles. The molecule has 2 aromatic heterocycles. The summed E-state index contributed by atoms with van der Waals surface area (Å²) >= 11 is 5.75. The van der Waals surface area contributed by atoms with E-state index in [1.165, 1.54) is 24.9 Å². The fourth-order valence-electron chi connectivity index (χ4n) is 1.27. The molecule has 0 saturated carbocycles. The van der Waals surface area contributed by atoms with Crippen LogP contribution in [0, 0.1) is 0 Å². The van der Waals surface area contributed by atoms with Crippen LogP contribution in [0.1, 0.15) is 16.1 Å². The molecule has 0 aromatic carbocycles. The van der Waals surface area contributed by atoms with E-state index in [4.69, 9.17) is 21.4 Å². The summed E-state index contributed by atoms with van der Waals surface area (Å²) in [5.74, 6) is -0.657. The number of carbonyl (C=O) groups is 1. The lowest BCUT2D eigenvalue weighted by molar-refractivity contribution is 0.0692. The van der Waals surface area contributed by atoms with Crippen molar-refractivity contribution in [3.05, 3.63) is 47.3 Å². The first-order valence-corrected chi connectivity index (χ1v) is 5.30. The van der Waals surface area contributed by atoms with Gasteiger partial charge in [0, 0.05) is 18.5 Å². The van der Waals surface area contributed by atoms with Gasteiger partial charge in [-0.15, -0.1) is 0 Å². The number of carboxylic acids is 1. The molecule has 7 heteroatoms. The van der Waals surface area contributed by atoms with Crippen LogP contribution in [0.5, 0.6) is 5.75 Å². The zero-order chi connectivity index (χ0) is 13.0. The van der Waals surface area contributed by atoms with Crippen molar-refractivity contribution in [1.82, 2.24) is 15.0 Å². The monoisotopic (exact) mass is 265 g/mol. The molecule has 0 unspecified atom stereocenters. The van der Waals surface area contributed by atoms with E-state index < -0.39 is 5.97 Å². The average molecular weight is 266 g/mol. The lowest BCUT2D eigenvalue weighted by Crippen LogP contribution is -2.08. The maximum atomic E-state index is 10.9. The van der Waals surface area contributed by atoms with Crippen molar-refractivity contribution in [2.45, 2.75) is 6.61 Å². The van der Waals surface area contributed by atoms with Crippen LogP contribution in [0.15, 0.2) is 31.0 Å². The Morgan fingerprint density at radius 2 is 2.17 bits per heavy atom. The van der Waals surface area contributed by atoms with E-state index in [9.17, 15) is 4.79 Å². The quantitative estimate of drug-likeness (QED) is 0.907. The van der Waals surface area contributed by atoms with Gasteiger partial charge in [-0.1, -0.05) is 11.6 Å². The lowest BCUT2D eigenvalue weighted by Gasteiger charge is -2.07. The zero-order valence-electron chi connectivity index (χ0n) is 9.08. The molecule has 92 valence electrons. The van der Waals surface area contributed by atoms with Crippen LogP contribution >= 0.6 is 11.6 Å². The molecule has 0 aliphatic rings. The summed E-state index contributed by atoms with van der Waals surface area (Å²) in [4.78, 5) is 22.3. The van der Waals surface area contributed by atoms with Gasteiger partial charge in [0.05, 0.1) is 16.9 Å². The Morgan fingerprint density at radius 3 is 2.89 bits per heavy atom. The highest BCUT2D eigenvalue weighted by Crippen LogP contribution is 2.16. The fourth-order valence-corrected chi connectivity index (χ4v) is 1.44. The van der Waals surface area contributed by atoms with Crippen molar-refractivity contribution in [2.75, 3.05) is 0 Å². The van der Waals surface area contributed by atoms with Gasteiger partial charge < -0.3 is 9.84 Å². The van der Waals surface area contributed by atoms with Crippen molar-refractivity contribution >= 4 is 17.6 Å². The van der Waals surface area contributed by atoms with Crippen molar-refractivity contribution in [3.63, 3.8) is 0 Å². The molecule has 6 nitrogen and oxygen atoms in total. The van der Waals surface area contributed by atoms with Gasteiger partial charge in [0.2, 0.25) is 0 Å². The summed E-state index contributed by atoms with van der Waals surface area (Å²) < 4.78 is 5.36. The highest BCUT2D eigenvalue weighted by molar-refractivity contribution is 6.30. The molecule has 0 atom stereocenters. The third kappa shape index (κ3) is 2.92. The minimum absolute atomic E-state index is 0.00613. The normalized spacial score (nSPS) is 10.1. The van der Waals surface area contributed by atoms with Crippen molar-refractivity contribution < 1.29 is 14.6 Å². The minimum Gasteiger partial charge on any atom is -0.486 e. The number of aromatic carboxylic acids is 1. The van der Waals surface area contributed by atoms with E-state index in [-0.39, 0.29) is 17.9 Å². The van der Waals surface area contributed by atoms with Gasteiger partial charge >= 0.3 is 5.97 Å². The zero-order valence-corrected chi connectivity index (χ0v) is 9.83. The molecule has 0 aliphatic heterocycles. The lowest BCUT2D eigenvalue weighted by atomic mass is 10.2. The van der Waals surface area contributed by atoms with E-state index >= 15 is 0 Å². The van der Waals surface area contributed by atoms with E-state index in [2.05, 4.69) is 15.0 Å². The first-order chi connectivity index (χ1) is 8.66. The number of ether oxygens (including phenoxy) is 1. The predicted octanol–water partition coefficient (Wildman–Crippen LogP) is 1.80. The Morgan fingerprint density at radius 1 is 1.33 bits per heavy atom. The van der Waals surface area contributed by atoms with Gasteiger partial charge in [0.15, 0.2) is 0 Å². The van der Waals surface area contributed by atoms with E-state index in [1.807, 2.05) is 0 Å². The second-order valence-corrected chi connectivity index (χ2v) is 3.75. The maximum absolute atomic E-state index is 10.9. The number of halogens is 1. The summed E-state index contributed by atoms with van der Waals surface area (Å²) in [6.45, 7) is 0.00613. The summed E-state index contributed by atoms with van der Waals surface area (Å²) in [5.41, 5.74) is 0.296. The Labute approximate surface area is 107 Å². The average Bonchev–Trinajstić information content (AvgIpc) is 2.37. The Hall–Kier alpha value is -2.21. The number of carboxylic acid groups (broad SMARTS) is 1. The van der Waals surface area contributed by atoms with Crippen LogP contribution in [0.3, 0.4) is 0 Å². The number of hydrogen-bond donors (Lipinski definition) is 1. The van der Waals surface area contributed by atoms with E-state index in [1.54, 1.807) is 6.07 Å². The maximum Gasteiger partial charge on any atom is 0.339 e. The number of pyridine rings is 1. The Kier molecular flexibility index (Phi) is 3.69. The molecule has 1 N–H and O–H groups in total. The van der Waals surface area contributed by atoms with Crippen LogP contribution in [-0.4, -0.2) is 26.0 Å². The van der Waals surface area contributed by atoms with Crippen LogP contribution in [0.4, 0.5) is 0 Å². The Balaban J connectivity index is 2.13. The standard InChI is InChI=1S/C11H8ClN3O3/c12-7-1-8(3-13-2-7)18-5-10-9(11(16)17)4-14-6-15-10/h1-4,6H,5H2,(H,16,17). The predicted molar refractivity (Wildman–Crippen MR) is 62.6 cm³/mol. The number of aromatic nitrogens is 3. The number of hydrogen-bond acceptors (Lipinski definition) is 5. The first-order valence-electron chi connectivity index (χ1n) is 4.92. The summed E-state index contributed by atoms with van der Waals surface area (Å²) in [5, 5.41) is 9.38. The molecule has 18 heavy (non-hydrogen) atoms. The largest absolute Gasteiger partial charge is 0.486 e. The molecule has 0 radical (unpaired) electrons. The van der Waals surface area contributed by atoms with E-state index in [0.717, 1.165) is 0 Å². The van der Waals surface area contributed by atoms with Crippen LogP contribution in [0.25, 0.3) is 0 Å². The number of nitrogens with zero attached hydrogens (tertiary/aromatic N) is 3. The van der Waals surface area contributed by atoms with Gasteiger partial charge in [0.25, 0.3) is 0 Å². The summed E-state index contributed by atoms with van der Waals surface area (Å²) in [7, 11) is 0. The van der Waals surface area contributed by atoms with Crippen molar-refractivity contribution in [2.24, 2.45) is 0 Å². The smallest absolute Gasteiger partial charge is 0.339 e. The molecule has 0 aliphatic carbocycles. The molecule has 0 spiro atoms. The second-order valence-electron chi connectivity index (χ2n) is 3.32. The third-order valence-corrected chi connectivity index (χ3v) is 2.29. The number of rotatable bonds is 4. The molecular weight excluding hydrogens is 258 g/mol. The first kappa shape index (κ1) is 12.3. The Bertz CT molecular complexity index is 577. The van der Waals surface area contributed by atoms with Crippen LogP contribution in [-0.2, 0) is 6.61 Å². The SMILES string of the molecule is O=C(O)c1cncnc1COc1cncc(Cl)c1. The molecule has 2 rings (SSSR count). The topological polar surface area (TPSA) is 85.2 Å². The molecule has 0 amide bonds. The summed E-state index contributed by atoms with van der Waals surface area (Å²) in [6, 6.07) is 1.58. The van der Waals surface area contributed by atoms with Crippen molar-refractivity contribution in [1.29, 1.82) is 0 Å². The van der Waals surface area contributed by atoms with Gasteiger partial charge in [-0.05, 0) is 0 Å². The van der Waals surface area contributed by atoms with Crippen LogP contribution in [0.2, 0.25) is 5.02 Å². The molecule has 0 bridgehead atoms. The molecule has 2 aromatic rings. The highest BCUT2D eigenvalue weighted by atomic mass is 35.5. The molecule has 0 saturated heterocycles. The molecule has 0 fully saturated rings. The van der Waals surface area contributed by atoms with Gasteiger partial charge in [-0.2, -0.15) is 0 Å². The minimum atomic E-state index is -1.10. The third-order valence-electron chi connectivity index (χ3n) is 2.08. The van der Waals surface area contributed by atoms with Gasteiger partial charge in [-0.25, -0.2) is 14.8 Å². The highest BCUT2D eigenvalue weighted by Gasteiger charge is 2.11. The second kappa shape index (κ2) is 5.42. The van der Waals surface area contributed by atoms with Gasteiger partial charge in [0.1, 0.15) is 24.2 Å². The van der Waals surface area contributed by atoms with Crippen LogP contribution < -0.4 is 4.74 Å². The van der Waals surface area contributed by atoms with E-state index in [0.29, 0.717) is 10.8 Å². The van der Waals surface area contributed by atoms with Gasteiger partial charge in [-0.3, -0.25) is 4.98 Å². The molecular formula is C11H8ClN3O3. The fraction of sp³-hybridized carbons (Fsp3) is 0.0909.